The first-order valence-corrected chi connectivity index (χ1v) is 3.53. The number of aryl methyl sites for hydroxylation is 1. The number of nitrogen functional groups attached to an aromatic ring is 1. The molecule has 0 aliphatic rings. The van der Waals surface area contributed by atoms with Gasteiger partial charge in [0.05, 0.1) is 0 Å². The van der Waals surface area contributed by atoms with Gasteiger partial charge in [0.15, 0.2) is 11.6 Å². The minimum absolute atomic E-state index is 0.283. The van der Waals surface area contributed by atoms with Gasteiger partial charge in [0.25, 0.3) is 0 Å². The van der Waals surface area contributed by atoms with Crippen molar-refractivity contribution in [1.29, 1.82) is 0 Å². The smallest absolute Gasteiger partial charge is 0.185 e. The minimum Gasteiger partial charge on any atom is -0.380 e. The van der Waals surface area contributed by atoms with E-state index in [-0.39, 0.29) is 5.82 Å². The van der Waals surface area contributed by atoms with Crippen LogP contribution in [-0.4, -0.2) is 5.16 Å². The van der Waals surface area contributed by atoms with E-state index >= 15 is 0 Å². The van der Waals surface area contributed by atoms with Gasteiger partial charge in [0, 0.05) is 6.42 Å². The van der Waals surface area contributed by atoms with Crippen molar-refractivity contribution < 1.29 is 4.52 Å². The van der Waals surface area contributed by atoms with Crippen molar-refractivity contribution in [1.82, 2.24) is 5.16 Å². The average Bonchev–Trinajstić information content (AvgIpc) is 2.20. The van der Waals surface area contributed by atoms with Crippen molar-refractivity contribution in [2.75, 3.05) is 5.73 Å². The fraction of sp³-hybridized carbons (Fsp3) is 0.500. The van der Waals surface area contributed by atoms with Crippen LogP contribution in [0.15, 0.2) is 4.52 Å². The van der Waals surface area contributed by atoms with E-state index in [0.29, 0.717) is 10.8 Å². The van der Waals surface area contributed by atoms with Gasteiger partial charge in [-0.3, -0.25) is 0 Å². The lowest BCUT2D eigenvalue weighted by Crippen LogP contribution is -1.84. The van der Waals surface area contributed by atoms with E-state index in [0.717, 1.165) is 12.8 Å². The number of hydrogen-bond acceptors (Lipinski definition) is 3. The number of nitrogens with zero attached hydrogens (tertiary/aromatic N) is 1. The van der Waals surface area contributed by atoms with Gasteiger partial charge >= 0.3 is 0 Å². The van der Waals surface area contributed by atoms with Crippen LogP contribution in [0.1, 0.15) is 19.1 Å². The predicted molar refractivity (Wildman–Crippen MR) is 39.9 cm³/mol. The molecule has 1 rings (SSSR count). The summed E-state index contributed by atoms with van der Waals surface area (Å²) >= 11 is 5.71. The second kappa shape index (κ2) is 2.92. The summed E-state index contributed by atoms with van der Waals surface area (Å²) < 4.78 is 4.83. The SMILES string of the molecule is CCCc1onc(N)c1Cl. The highest BCUT2D eigenvalue weighted by atomic mass is 35.5. The van der Waals surface area contributed by atoms with Gasteiger partial charge in [0.2, 0.25) is 0 Å². The summed E-state index contributed by atoms with van der Waals surface area (Å²) in [5.74, 6) is 0.965. The molecular formula is C6H9ClN2O. The first-order chi connectivity index (χ1) is 4.75. The normalized spacial score (nSPS) is 10.2. The van der Waals surface area contributed by atoms with E-state index in [1.54, 1.807) is 0 Å². The largest absolute Gasteiger partial charge is 0.380 e. The fourth-order valence-electron chi connectivity index (χ4n) is 0.710. The Morgan fingerprint density at radius 1 is 1.70 bits per heavy atom. The lowest BCUT2D eigenvalue weighted by atomic mass is 10.3. The van der Waals surface area contributed by atoms with E-state index in [9.17, 15) is 0 Å². The van der Waals surface area contributed by atoms with Crippen LogP contribution < -0.4 is 5.73 Å². The Kier molecular flexibility index (Phi) is 2.17. The van der Waals surface area contributed by atoms with Gasteiger partial charge in [0.1, 0.15) is 5.02 Å². The summed E-state index contributed by atoms with van der Waals surface area (Å²) in [5.41, 5.74) is 5.33. The molecular weight excluding hydrogens is 152 g/mol. The number of rotatable bonds is 2. The van der Waals surface area contributed by atoms with E-state index in [4.69, 9.17) is 21.9 Å². The highest BCUT2D eigenvalue weighted by Crippen LogP contribution is 2.22. The van der Waals surface area contributed by atoms with Crippen LogP contribution in [0, 0.1) is 0 Å². The molecule has 1 aromatic heterocycles. The molecule has 0 aliphatic carbocycles. The molecule has 0 atom stereocenters. The maximum absolute atomic E-state index is 5.71. The number of aromatic nitrogens is 1. The molecule has 0 amide bonds. The van der Waals surface area contributed by atoms with Crippen LogP contribution in [0.2, 0.25) is 5.02 Å². The lowest BCUT2D eigenvalue weighted by Gasteiger charge is -1.88. The molecule has 0 saturated carbocycles. The molecule has 0 aliphatic heterocycles. The summed E-state index contributed by atoms with van der Waals surface area (Å²) in [7, 11) is 0. The number of nitrogens with two attached hydrogens (primary N) is 1. The van der Waals surface area contributed by atoms with E-state index in [2.05, 4.69) is 5.16 Å². The van der Waals surface area contributed by atoms with Crippen molar-refractivity contribution in [3.05, 3.63) is 10.8 Å². The average molecular weight is 161 g/mol. The first-order valence-electron chi connectivity index (χ1n) is 3.15. The third kappa shape index (κ3) is 1.24. The molecule has 0 saturated heterocycles. The number of hydrogen-bond donors (Lipinski definition) is 1. The Morgan fingerprint density at radius 3 is 2.80 bits per heavy atom. The standard InChI is InChI=1S/C6H9ClN2O/c1-2-3-4-5(7)6(8)9-10-4/h2-3H2,1H3,(H2,8,9). The van der Waals surface area contributed by atoms with Gasteiger partial charge in [-0.2, -0.15) is 0 Å². The molecule has 3 nitrogen and oxygen atoms in total. The molecule has 1 heterocycles. The Labute approximate surface area is 64.1 Å². The Hall–Kier alpha value is -0.700. The molecule has 0 fully saturated rings. The summed E-state index contributed by atoms with van der Waals surface area (Å²) in [6.45, 7) is 2.04. The molecule has 10 heavy (non-hydrogen) atoms. The minimum atomic E-state index is 0.283. The third-order valence-corrected chi connectivity index (χ3v) is 1.61. The van der Waals surface area contributed by atoms with Gasteiger partial charge in [-0.15, -0.1) is 0 Å². The molecule has 56 valence electrons. The zero-order valence-electron chi connectivity index (χ0n) is 5.72. The Morgan fingerprint density at radius 2 is 2.40 bits per heavy atom. The fourth-order valence-corrected chi connectivity index (χ4v) is 0.873. The zero-order valence-corrected chi connectivity index (χ0v) is 6.48. The van der Waals surface area contributed by atoms with Crippen LogP contribution in [0.25, 0.3) is 0 Å². The van der Waals surface area contributed by atoms with Gasteiger partial charge < -0.3 is 10.3 Å². The monoisotopic (exact) mass is 160 g/mol. The van der Waals surface area contributed by atoms with Crippen LogP contribution in [0.4, 0.5) is 5.82 Å². The van der Waals surface area contributed by atoms with E-state index in [1.807, 2.05) is 6.92 Å². The molecule has 0 unspecified atom stereocenters. The van der Waals surface area contributed by atoms with Crippen molar-refractivity contribution in [3.63, 3.8) is 0 Å². The summed E-state index contributed by atoms with van der Waals surface area (Å²) in [4.78, 5) is 0. The maximum atomic E-state index is 5.71. The third-order valence-electron chi connectivity index (χ3n) is 1.20. The Balaban J connectivity index is 2.83. The molecule has 4 heteroatoms. The Bertz CT molecular complexity index is 222. The van der Waals surface area contributed by atoms with Crippen molar-refractivity contribution >= 4 is 17.4 Å². The summed E-state index contributed by atoms with van der Waals surface area (Å²) in [6.07, 6.45) is 1.78. The van der Waals surface area contributed by atoms with Gasteiger partial charge in [-0.25, -0.2) is 0 Å². The highest BCUT2D eigenvalue weighted by molar-refractivity contribution is 6.33. The maximum Gasteiger partial charge on any atom is 0.185 e. The second-order valence-corrected chi connectivity index (χ2v) is 2.43. The summed E-state index contributed by atoms with van der Waals surface area (Å²) in [6, 6.07) is 0. The van der Waals surface area contributed by atoms with E-state index < -0.39 is 0 Å². The highest BCUT2D eigenvalue weighted by Gasteiger charge is 2.08. The topological polar surface area (TPSA) is 52.0 Å². The molecule has 0 radical (unpaired) electrons. The van der Waals surface area contributed by atoms with Gasteiger partial charge in [-0.05, 0) is 6.42 Å². The van der Waals surface area contributed by atoms with Crippen LogP contribution in [-0.2, 0) is 6.42 Å². The number of halogens is 1. The quantitative estimate of drug-likeness (QED) is 0.719. The molecule has 1 aromatic rings. The van der Waals surface area contributed by atoms with Crippen LogP contribution in [0.5, 0.6) is 0 Å². The zero-order chi connectivity index (χ0) is 7.56. The van der Waals surface area contributed by atoms with Crippen molar-refractivity contribution in [2.24, 2.45) is 0 Å². The molecule has 2 N–H and O–H groups in total. The summed E-state index contributed by atoms with van der Waals surface area (Å²) in [5, 5.41) is 3.97. The van der Waals surface area contributed by atoms with Crippen molar-refractivity contribution in [3.8, 4) is 0 Å². The lowest BCUT2D eigenvalue weighted by molar-refractivity contribution is 0.385. The molecule has 0 spiro atoms. The number of anilines is 1. The van der Waals surface area contributed by atoms with Crippen molar-refractivity contribution in [2.45, 2.75) is 19.8 Å². The first kappa shape index (κ1) is 7.41. The van der Waals surface area contributed by atoms with Crippen LogP contribution >= 0.6 is 11.6 Å². The molecule has 0 bridgehead atoms. The predicted octanol–water partition coefficient (Wildman–Crippen LogP) is 1.86. The second-order valence-electron chi connectivity index (χ2n) is 2.05. The van der Waals surface area contributed by atoms with E-state index in [1.165, 1.54) is 0 Å². The van der Waals surface area contributed by atoms with Gasteiger partial charge in [-0.1, -0.05) is 23.7 Å². The van der Waals surface area contributed by atoms with Crippen LogP contribution in [0.3, 0.4) is 0 Å². The molecule has 0 aromatic carbocycles.